The van der Waals surface area contributed by atoms with E-state index in [9.17, 15) is 5.11 Å². The zero-order valence-electron chi connectivity index (χ0n) is 10.8. The minimum absolute atomic E-state index is 0.276. The Hall–Kier alpha value is -1.12. The molecule has 0 amide bonds. The van der Waals surface area contributed by atoms with Crippen molar-refractivity contribution in [1.82, 2.24) is 0 Å². The van der Waals surface area contributed by atoms with Gasteiger partial charge in [-0.3, -0.25) is 0 Å². The third-order valence-corrected chi connectivity index (χ3v) is 4.18. The van der Waals surface area contributed by atoms with Gasteiger partial charge in [-0.05, 0) is 65.6 Å². The largest absolute Gasteiger partial charge is 0.396 e. The highest BCUT2D eigenvalue weighted by Gasteiger charge is 2.10. The van der Waals surface area contributed by atoms with Gasteiger partial charge in [0.15, 0.2) is 0 Å². The van der Waals surface area contributed by atoms with Crippen molar-refractivity contribution in [3.63, 3.8) is 0 Å². The van der Waals surface area contributed by atoms with Crippen molar-refractivity contribution in [1.29, 1.82) is 0 Å². The molecule has 0 aliphatic carbocycles. The topological polar surface area (TPSA) is 20.2 Å². The lowest BCUT2D eigenvalue weighted by Crippen LogP contribution is -2.11. The molecule has 0 saturated heterocycles. The van der Waals surface area contributed by atoms with E-state index in [1.54, 1.807) is 11.3 Å². The fourth-order valence-electron chi connectivity index (χ4n) is 2.21. The summed E-state index contributed by atoms with van der Waals surface area (Å²) in [6, 6.07) is 10.6. The van der Waals surface area contributed by atoms with Gasteiger partial charge in [-0.25, -0.2) is 0 Å². The normalized spacial score (nSPS) is 12.6. The second-order valence-electron chi connectivity index (χ2n) is 4.85. The summed E-state index contributed by atoms with van der Waals surface area (Å²) in [5, 5.41) is 13.8. The lowest BCUT2D eigenvalue weighted by molar-refractivity contribution is 0.218. The van der Waals surface area contributed by atoms with Crippen LogP contribution in [0.3, 0.4) is 0 Å². The van der Waals surface area contributed by atoms with E-state index in [2.05, 4.69) is 48.0 Å². The summed E-state index contributed by atoms with van der Waals surface area (Å²) in [5.41, 5.74) is 4.08. The van der Waals surface area contributed by atoms with Crippen molar-refractivity contribution in [2.75, 3.05) is 6.61 Å². The number of hydrogen-bond donors (Lipinski definition) is 1. The van der Waals surface area contributed by atoms with Crippen LogP contribution in [0.4, 0.5) is 0 Å². The third kappa shape index (κ3) is 3.69. The molecular weight excluding hydrogens is 240 g/mol. The highest BCUT2D eigenvalue weighted by molar-refractivity contribution is 7.07. The third-order valence-electron chi connectivity index (χ3n) is 3.45. The molecule has 0 saturated carbocycles. The van der Waals surface area contributed by atoms with Gasteiger partial charge in [-0.15, -0.1) is 0 Å². The summed E-state index contributed by atoms with van der Waals surface area (Å²) in [6.07, 6.45) is 3.11. The molecule has 1 N–H and O–H groups in total. The van der Waals surface area contributed by atoms with Gasteiger partial charge in [-0.2, -0.15) is 11.3 Å². The quantitative estimate of drug-likeness (QED) is 0.836. The van der Waals surface area contributed by atoms with Gasteiger partial charge in [0.2, 0.25) is 0 Å². The Morgan fingerprint density at radius 1 is 1.22 bits per heavy atom. The van der Waals surface area contributed by atoms with Crippen molar-refractivity contribution >= 4 is 11.3 Å². The Kier molecular flexibility index (Phi) is 4.97. The van der Waals surface area contributed by atoms with Crippen molar-refractivity contribution in [3.8, 4) is 0 Å². The van der Waals surface area contributed by atoms with Gasteiger partial charge < -0.3 is 5.11 Å². The van der Waals surface area contributed by atoms with E-state index in [1.165, 1.54) is 16.7 Å². The van der Waals surface area contributed by atoms with E-state index < -0.39 is 0 Å². The molecule has 2 aromatic rings. The van der Waals surface area contributed by atoms with Crippen molar-refractivity contribution < 1.29 is 5.11 Å². The van der Waals surface area contributed by atoms with Crippen LogP contribution >= 0.6 is 11.3 Å². The van der Waals surface area contributed by atoms with Gasteiger partial charge >= 0.3 is 0 Å². The fourth-order valence-corrected chi connectivity index (χ4v) is 2.92. The van der Waals surface area contributed by atoms with E-state index in [1.807, 2.05) is 0 Å². The van der Waals surface area contributed by atoms with E-state index in [0.717, 1.165) is 19.3 Å². The van der Waals surface area contributed by atoms with Crippen molar-refractivity contribution in [3.05, 3.63) is 57.8 Å². The molecule has 1 unspecified atom stereocenters. The first-order chi connectivity index (χ1) is 8.79. The standard InChI is InChI=1S/C16H20OS/c1-13-4-2-3-5-16(13)10-15(11-17)7-6-14-8-9-18-12-14/h2-5,8-9,12,15,17H,6-7,10-11H2,1H3. The van der Waals surface area contributed by atoms with E-state index in [-0.39, 0.29) is 6.61 Å². The smallest absolute Gasteiger partial charge is 0.0462 e. The van der Waals surface area contributed by atoms with E-state index >= 15 is 0 Å². The fraction of sp³-hybridized carbons (Fsp3) is 0.375. The number of aryl methyl sites for hydroxylation is 2. The molecule has 1 aromatic heterocycles. The van der Waals surface area contributed by atoms with Crippen LogP contribution in [0.2, 0.25) is 0 Å². The predicted octanol–water partition coefficient (Wildman–Crippen LogP) is 3.84. The molecule has 2 rings (SSSR count). The summed E-state index contributed by atoms with van der Waals surface area (Å²) in [4.78, 5) is 0. The average molecular weight is 260 g/mol. The van der Waals surface area contributed by atoms with Crippen LogP contribution in [0.1, 0.15) is 23.1 Å². The first-order valence-corrected chi connectivity index (χ1v) is 7.40. The van der Waals surface area contributed by atoms with Crippen molar-refractivity contribution in [2.24, 2.45) is 5.92 Å². The molecule has 0 radical (unpaired) electrons. The van der Waals surface area contributed by atoms with Crippen LogP contribution in [0.15, 0.2) is 41.1 Å². The molecule has 1 aromatic carbocycles. The summed E-state index contributed by atoms with van der Waals surface area (Å²) in [6.45, 7) is 2.42. The van der Waals surface area contributed by atoms with Crippen LogP contribution in [-0.4, -0.2) is 11.7 Å². The Bertz CT molecular complexity index is 462. The zero-order chi connectivity index (χ0) is 12.8. The number of rotatable bonds is 6. The zero-order valence-corrected chi connectivity index (χ0v) is 11.6. The molecule has 0 spiro atoms. The minimum Gasteiger partial charge on any atom is -0.396 e. The Morgan fingerprint density at radius 2 is 2.06 bits per heavy atom. The lowest BCUT2D eigenvalue weighted by atomic mass is 9.92. The maximum atomic E-state index is 9.51. The number of aliphatic hydroxyl groups is 1. The van der Waals surface area contributed by atoms with Gasteiger partial charge in [0.05, 0.1) is 0 Å². The number of benzene rings is 1. The Balaban J connectivity index is 1.91. The molecule has 2 heteroatoms. The van der Waals surface area contributed by atoms with Crippen LogP contribution < -0.4 is 0 Å². The van der Waals surface area contributed by atoms with Gasteiger partial charge in [-0.1, -0.05) is 24.3 Å². The maximum absolute atomic E-state index is 9.51. The molecule has 0 aliphatic heterocycles. The summed E-state index contributed by atoms with van der Waals surface area (Å²) < 4.78 is 0. The molecule has 18 heavy (non-hydrogen) atoms. The average Bonchev–Trinajstić information content (AvgIpc) is 2.90. The second-order valence-corrected chi connectivity index (χ2v) is 5.63. The molecule has 1 atom stereocenters. The highest BCUT2D eigenvalue weighted by Crippen LogP contribution is 2.18. The lowest BCUT2D eigenvalue weighted by Gasteiger charge is -2.15. The molecule has 1 nitrogen and oxygen atoms in total. The summed E-state index contributed by atoms with van der Waals surface area (Å²) in [7, 11) is 0. The monoisotopic (exact) mass is 260 g/mol. The van der Waals surface area contributed by atoms with Gasteiger partial charge in [0.1, 0.15) is 0 Å². The predicted molar refractivity (Wildman–Crippen MR) is 78.1 cm³/mol. The van der Waals surface area contributed by atoms with Crippen LogP contribution in [0.5, 0.6) is 0 Å². The molecule has 0 aliphatic rings. The Labute approximate surface area is 113 Å². The van der Waals surface area contributed by atoms with Crippen LogP contribution in [0.25, 0.3) is 0 Å². The highest BCUT2D eigenvalue weighted by atomic mass is 32.1. The second kappa shape index (κ2) is 6.72. The first kappa shape index (κ1) is 13.3. The summed E-state index contributed by atoms with van der Waals surface area (Å²) in [5.74, 6) is 0.367. The SMILES string of the molecule is Cc1ccccc1CC(CO)CCc1ccsc1. The minimum atomic E-state index is 0.276. The molecule has 96 valence electrons. The molecule has 0 bridgehead atoms. The molecule has 1 heterocycles. The van der Waals surface area contributed by atoms with Gasteiger partial charge in [0.25, 0.3) is 0 Å². The number of thiophene rings is 1. The first-order valence-electron chi connectivity index (χ1n) is 6.46. The maximum Gasteiger partial charge on any atom is 0.0462 e. The number of hydrogen-bond acceptors (Lipinski definition) is 2. The molecular formula is C16H20OS. The van der Waals surface area contributed by atoms with Crippen LogP contribution in [0, 0.1) is 12.8 Å². The van der Waals surface area contributed by atoms with E-state index in [0.29, 0.717) is 5.92 Å². The molecule has 0 fully saturated rings. The number of aliphatic hydroxyl groups excluding tert-OH is 1. The van der Waals surface area contributed by atoms with Crippen molar-refractivity contribution in [2.45, 2.75) is 26.2 Å². The van der Waals surface area contributed by atoms with Gasteiger partial charge in [0, 0.05) is 6.61 Å². The van der Waals surface area contributed by atoms with E-state index in [4.69, 9.17) is 0 Å². The van der Waals surface area contributed by atoms with Crippen LogP contribution in [-0.2, 0) is 12.8 Å². The summed E-state index contributed by atoms with van der Waals surface area (Å²) >= 11 is 1.74. The Morgan fingerprint density at radius 3 is 2.72 bits per heavy atom.